The maximum atomic E-state index is 12.7. The summed E-state index contributed by atoms with van der Waals surface area (Å²) in [5.41, 5.74) is 0.463. The molecule has 102 valence electrons. The van der Waals surface area contributed by atoms with Crippen molar-refractivity contribution >= 4 is 15.7 Å². The average Bonchev–Trinajstić information content (AvgIpc) is 2.48. The first-order valence-electron chi connectivity index (χ1n) is 6.04. The summed E-state index contributed by atoms with van der Waals surface area (Å²) in [6.45, 7) is 2.01. The van der Waals surface area contributed by atoms with E-state index in [1.807, 2.05) is 12.1 Å². The second kappa shape index (κ2) is 5.72. The number of sulfonamides is 1. The molecule has 0 unspecified atom stereocenters. The highest BCUT2D eigenvalue weighted by Gasteiger charge is 2.26. The Morgan fingerprint density at radius 2 is 1.90 bits per heavy atom. The van der Waals surface area contributed by atoms with E-state index in [-0.39, 0.29) is 17.1 Å². The van der Waals surface area contributed by atoms with E-state index in [0.717, 1.165) is 0 Å². The number of anilines is 1. The van der Waals surface area contributed by atoms with Gasteiger partial charge in [0.15, 0.2) is 5.69 Å². The summed E-state index contributed by atoms with van der Waals surface area (Å²) in [6, 6.07) is 13.5. The first kappa shape index (κ1) is 14.0. The Morgan fingerprint density at radius 3 is 2.50 bits per heavy atom. The van der Waals surface area contributed by atoms with Crippen LogP contribution in [0.4, 0.5) is 5.69 Å². The van der Waals surface area contributed by atoms with Crippen LogP contribution in [0.15, 0.2) is 53.6 Å². The molecular formula is C14H13N3O2S. The van der Waals surface area contributed by atoms with Gasteiger partial charge >= 0.3 is 0 Å². The molecule has 0 radical (unpaired) electrons. The van der Waals surface area contributed by atoms with Crippen LogP contribution in [0.25, 0.3) is 0 Å². The second-order valence-corrected chi connectivity index (χ2v) is 5.80. The van der Waals surface area contributed by atoms with Crippen LogP contribution in [-0.4, -0.2) is 19.9 Å². The number of hydrogen-bond donors (Lipinski definition) is 0. The van der Waals surface area contributed by atoms with E-state index >= 15 is 0 Å². The molecule has 1 heterocycles. The Hall–Kier alpha value is -2.39. The number of benzene rings is 1. The molecule has 1 aromatic carbocycles. The first-order chi connectivity index (χ1) is 9.61. The van der Waals surface area contributed by atoms with Gasteiger partial charge in [-0.1, -0.05) is 18.2 Å². The Morgan fingerprint density at radius 1 is 1.20 bits per heavy atom. The van der Waals surface area contributed by atoms with E-state index < -0.39 is 10.0 Å². The smallest absolute Gasteiger partial charge is 0.267 e. The van der Waals surface area contributed by atoms with Gasteiger partial charge in [0.2, 0.25) is 0 Å². The van der Waals surface area contributed by atoms with Gasteiger partial charge in [-0.05, 0) is 31.2 Å². The summed E-state index contributed by atoms with van der Waals surface area (Å²) in [5, 5.41) is 9.01. The Labute approximate surface area is 118 Å². The molecule has 1 aromatic heterocycles. The van der Waals surface area contributed by atoms with Gasteiger partial charge in [-0.3, -0.25) is 4.31 Å². The molecule has 0 saturated heterocycles. The number of nitrogens with zero attached hydrogens (tertiary/aromatic N) is 3. The highest BCUT2D eigenvalue weighted by Crippen LogP contribution is 2.24. The molecule has 0 fully saturated rings. The molecule has 0 amide bonds. The van der Waals surface area contributed by atoms with Crippen molar-refractivity contribution in [2.75, 3.05) is 10.8 Å². The number of rotatable bonds is 4. The van der Waals surface area contributed by atoms with Crippen LogP contribution in [0.5, 0.6) is 0 Å². The van der Waals surface area contributed by atoms with E-state index in [2.05, 4.69) is 4.98 Å². The van der Waals surface area contributed by atoms with Crippen molar-refractivity contribution in [3.63, 3.8) is 0 Å². The third-order valence-corrected chi connectivity index (χ3v) is 4.71. The molecule has 0 aliphatic heterocycles. The summed E-state index contributed by atoms with van der Waals surface area (Å²) in [6.07, 6.45) is 1.40. The molecule has 2 rings (SSSR count). The lowest BCUT2D eigenvalue weighted by atomic mass is 10.3. The van der Waals surface area contributed by atoms with Gasteiger partial charge in [-0.2, -0.15) is 5.26 Å². The van der Waals surface area contributed by atoms with Crippen LogP contribution in [0.1, 0.15) is 12.6 Å². The van der Waals surface area contributed by atoms with Gasteiger partial charge in [0.05, 0.1) is 5.69 Å². The third kappa shape index (κ3) is 2.49. The summed E-state index contributed by atoms with van der Waals surface area (Å²) in [4.78, 5) is 3.73. The fraction of sp³-hybridized carbons (Fsp3) is 0.143. The van der Waals surface area contributed by atoms with Crippen molar-refractivity contribution in [3.8, 4) is 6.07 Å². The van der Waals surface area contributed by atoms with Gasteiger partial charge < -0.3 is 0 Å². The maximum Gasteiger partial charge on any atom is 0.267 e. The normalized spacial score (nSPS) is 10.8. The average molecular weight is 287 g/mol. The summed E-state index contributed by atoms with van der Waals surface area (Å²) in [7, 11) is -3.80. The number of para-hydroxylation sites is 1. The van der Waals surface area contributed by atoms with Gasteiger partial charge in [0.25, 0.3) is 10.0 Å². The van der Waals surface area contributed by atoms with Gasteiger partial charge in [0.1, 0.15) is 11.0 Å². The minimum Gasteiger partial charge on any atom is -0.267 e. The molecule has 6 heteroatoms. The van der Waals surface area contributed by atoms with Gasteiger partial charge in [0, 0.05) is 12.7 Å². The molecule has 0 atom stereocenters. The predicted molar refractivity (Wildman–Crippen MR) is 75.6 cm³/mol. The fourth-order valence-electron chi connectivity index (χ4n) is 1.89. The molecule has 0 N–H and O–H groups in total. The summed E-state index contributed by atoms with van der Waals surface area (Å²) in [5.74, 6) is 0. The minimum atomic E-state index is -3.80. The minimum absolute atomic E-state index is 0.0757. The zero-order valence-corrected chi connectivity index (χ0v) is 11.7. The van der Waals surface area contributed by atoms with E-state index in [4.69, 9.17) is 5.26 Å². The van der Waals surface area contributed by atoms with Crippen molar-refractivity contribution in [1.82, 2.24) is 4.98 Å². The Bertz CT molecular complexity index is 737. The zero-order valence-electron chi connectivity index (χ0n) is 10.9. The molecule has 0 aliphatic carbocycles. The largest absolute Gasteiger partial charge is 0.267 e. The molecule has 0 aliphatic rings. The lowest BCUT2D eigenvalue weighted by molar-refractivity contribution is 0.591. The Kier molecular flexibility index (Phi) is 4.01. The zero-order chi connectivity index (χ0) is 14.6. The van der Waals surface area contributed by atoms with Crippen molar-refractivity contribution in [2.24, 2.45) is 0 Å². The molecule has 0 saturated carbocycles. The standard InChI is InChI=1S/C14H13N3O2S/c1-2-17(12-7-4-3-5-8-12)20(18,19)14-9-6-10-16-13(14)11-15/h3-10H,2H2,1H3. The second-order valence-electron chi connectivity index (χ2n) is 3.97. The van der Waals surface area contributed by atoms with Crippen LogP contribution in [0, 0.1) is 11.3 Å². The van der Waals surface area contributed by atoms with Crippen LogP contribution >= 0.6 is 0 Å². The third-order valence-electron chi connectivity index (χ3n) is 2.78. The predicted octanol–water partition coefficient (Wildman–Crippen LogP) is 2.17. The monoisotopic (exact) mass is 287 g/mol. The van der Waals surface area contributed by atoms with Crippen LogP contribution < -0.4 is 4.31 Å². The highest BCUT2D eigenvalue weighted by atomic mass is 32.2. The molecule has 20 heavy (non-hydrogen) atoms. The molecule has 5 nitrogen and oxygen atoms in total. The molecule has 2 aromatic rings. The quantitative estimate of drug-likeness (QED) is 0.863. The molecule has 0 spiro atoms. The summed E-state index contributed by atoms with van der Waals surface area (Å²) >= 11 is 0. The highest BCUT2D eigenvalue weighted by molar-refractivity contribution is 7.92. The molecule has 0 bridgehead atoms. The van der Waals surface area contributed by atoms with E-state index in [0.29, 0.717) is 5.69 Å². The van der Waals surface area contributed by atoms with Gasteiger partial charge in [-0.15, -0.1) is 0 Å². The van der Waals surface area contributed by atoms with E-state index in [9.17, 15) is 8.42 Å². The lowest BCUT2D eigenvalue weighted by Crippen LogP contribution is -2.31. The number of hydrogen-bond acceptors (Lipinski definition) is 4. The van der Waals surface area contributed by atoms with Crippen molar-refractivity contribution in [2.45, 2.75) is 11.8 Å². The van der Waals surface area contributed by atoms with E-state index in [1.54, 1.807) is 31.2 Å². The van der Waals surface area contributed by atoms with Crippen molar-refractivity contribution in [3.05, 3.63) is 54.4 Å². The fourth-order valence-corrected chi connectivity index (χ4v) is 3.46. The maximum absolute atomic E-state index is 12.7. The summed E-state index contributed by atoms with van der Waals surface area (Å²) < 4.78 is 26.6. The topological polar surface area (TPSA) is 74.1 Å². The molecular weight excluding hydrogens is 274 g/mol. The van der Waals surface area contributed by atoms with Crippen LogP contribution in [-0.2, 0) is 10.0 Å². The first-order valence-corrected chi connectivity index (χ1v) is 7.48. The number of nitriles is 1. The van der Waals surface area contributed by atoms with E-state index in [1.165, 1.54) is 22.6 Å². The van der Waals surface area contributed by atoms with Crippen molar-refractivity contribution in [1.29, 1.82) is 5.26 Å². The number of pyridine rings is 1. The number of aromatic nitrogens is 1. The lowest BCUT2D eigenvalue weighted by Gasteiger charge is -2.23. The Balaban J connectivity index is 2.57. The van der Waals surface area contributed by atoms with Crippen LogP contribution in [0.2, 0.25) is 0 Å². The van der Waals surface area contributed by atoms with Crippen molar-refractivity contribution < 1.29 is 8.42 Å². The van der Waals surface area contributed by atoms with Crippen LogP contribution in [0.3, 0.4) is 0 Å². The SMILES string of the molecule is CCN(c1ccccc1)S(=O)(=O)c1cccnc1C#N. The van der Waals surface area contributed by atoms with Gasteiger partial charge in [-0.25, -0.2) is 13.4 Å².